The number of benzene rings is 2. The first kappa shape index (κ1) is 22.9. The van der Waals surface area contributed by atoms with Crippen molar-refractivity contribution in [1.29, 1.82) is 0 Å². The molecular weight excluding hydrogens is 432 g/mol. The number of ether oxygens (including phenoxy) is 3. The highest BCUT2D eigenvalue weighted by Crippen LogP contribution is 2.25. The van der Waals surface area contributed by atoms with Crippen LogP contribution in [0.5, 0.6) is 5.75 Å². The third kappa shape index (κ3) is 5.43. The van der Waals surface area contributed by atoms with Crippen LogP contribution in [0.3, 0.4) is 0 Å². The van der Waals surface area contributed by atoms with Crippen LogP contribution in [-0.4, -0.2) is 81.5 Å². The van der Waals surface area contributed by atoms with Gasteiger partial charge >= 0.3 is 0 Å². The molecule has 3 aromatic rings. The maximum absolute atomic E-state index is 13.6. The van der Waals surface area contributed by atoms with E-state index >= 15 is 0 Å². The van der Waals surface area contributed by atoms with Gasteiger partial charge in [0.05, 0.1) is 38.3 Å². The number of furan rings is 1. The molecule has 0 radical (unpaired) electrons. The molecule has 7 heteroatoms. The van der Waals surface area contributed by atoms with Gasteiger partial charge in [0.25, 0.3) is 5.91 Å². The first-order valence-electron chi connectivity index (χ1n) is 12.1. The van der Waals surface area contributed by atoms with Crippen molar-refractivity contribution in [2.75, 3.05) is 65.8 Å². The van der Waals surface area contributed by atoms with Gasteiger partial charge in [-0.25, -0.2) is 0 Å². The van der Waals surface area contributed by atoms with Gasteiger partial charge in [0.15, 0.2) is 0 Å². The summed E-state index contributed by atoms with van der Waals surface area (Å²) in [5.74, 6) is 0.853. The molecule has 34 heavy (non-hydrogen) atoms. The minimum Gasteiger partial charge on any atom is -0.491 e. The highest BCUT2D eigenvalue weighted by atomic mass is 16.5. The molecule has 2 fully saturated rings. The maximum Gasteiger partial charge on any atom is 0.257 e. The molecule has 0 spiro atoms. The van der Waals surface area contributed by atoms with Crippen LogP contribution in [0.2, 0.25) is 0 Å². The number of rotatable bonds is 7. The van der Waals surface area contributed by atoms with Gasteiger partial charge in [0, 0.05) is 44.0 Å². The first-order valence-corrected chi connectivity index (χ1v) is 12.1. The van der Waals surface area contributed by atoms with Crippen LogP contribution in [0.4, 0.5) is 0 Å². The fraction of sp³-hybridized carbons (Fsp3) is 0.444. The van der Waals surface area contributed by atoms with Crippen molar-refractivity contribution in [2.45, 2.75) is 6.42 Å². The average molecular weight is 465 g/mol. The Kier molecular flexibility index (Phi) is 7.43. The first-order chi connectivity index (χ1) is 16.8. The van der Waals surface area contributed by atoms with E-state index in [9.17, 15) is 4.79 Å². The summed E-state index contributed by atoms with van der Waals surface area (Å²) in [7, 11) is 0. The van der Waals surface area contributed by atoms with E-state index in [2.05, 4.69) is 11.0 Å². The third-order valence-corrected chi connectivity index (χ3v) is 6.61. The Morgan fingerprint density at radius 1 is 0.971 bits per heavy atom. The molecule has 7 nitrogen and oxygen atoms in total. The zero-order valence-corrected chi connectivity index (χ0v) is 19.5. The zero-order chi connectivity index (χ0) is 23.2. The molecule has 0 saturated carbocycles. The molecule has 0 N–H and O–H groups in total. The van der Waals surface area contributed by atoms with Gasteiger partial charge < -0.3 is 23.5 Å². The normalized spacial score (nSPS) is 19.8. The largest absolute Gasteiger partial charge is 0.491 e. The summed E-state index contributed by atoms with van der Waals surface area (Å²) >= 11 is 0. The summed E-state index contributed by atoms with van der Waals surface area (Å²) in [6, 6.07) is 15.7. The predicted molar refractivity (Wildman–Crippen MR) is 129 cm³/mol. The third-order valence-electron chi connectivity index (χ3n) is 6.61. The summed E-state index contributed by atoms with van der Waals surface area (Å²) in [5.41, 5.74) is 2.73. The molecule has 1 atom stereocenters. The molecule has 0 aliphatic carbocycles. The Morgan fingerprint density at radius 3 is 2.74 bits per heavy atom. The van der Waals surface area contributed by atoms with Crippen LogP contribution in [0.1, 0.15) is 15.9 Å². The van der Waals surface area contributed by atoms with Crippen molar-refractivity contribution in [3.63, 3.8) is 0 Å². The summed E-state index contributed by atoms with van der Waals surface area (Å²) in [6.45, 7) is 7.15. The Morgan fingerprint density at radius 2 is 1.82 bits per heavy atom. The van der Waals surface area contributed by atoms with Crippen molar-refractivity contribution in [1.82, 2.24) is 9.80 Å². The van der Waals surface area contributed by atoms with Gasteiger partial charge in [-0.3, -0.25) is 9.69 Å². The van der Waals surface area contributed by atoms with Gasteiger partial charge in [-0.05, 0) is 36.2 Å². The molecule has 0 unspecified atom stereocenters. The van der Waals surface area contributed by atoms with E-state index in [-0.39, 0.29) is 11.8 Å². The van der Waals surface area contributed by atoms with Crippen molar-refractivity contribution < 1.29 is 23.4 Å². The Bertz CT molecular complexity index is 1090. The number of carbonyl (C=O) groups excluding carboxylic acids is 1. The molecular formula is C27H32N2O5. The second-order valence-electron chi connectivity index (χ2n) is 8.94. The van der Waals surface area contributed by atoms with Crippen LogP contribution in [0.25, 0.3) is 11.0 Å². The SMILES string of the molecule is O=C(c1ccccc1OCCN1CCOCC1)N1CCOC[C@H](Cc2cccc3occc23)C1. The Balaban J connectivity index is 1.24. The van der Waals surface area contributed by atoms with E-state index in [1.165, 1.54) is 5.56 Å². The van der Waals surface area contributed by atoms with E-state index < -0.39 is 0 Å². The zero-order valence-electron chi connectivity index (χ0n) is 19.5. The van der Waals surface area contributed by atoms with E-state index in [4.69, 9.17) is 18.6 Å². The number of nitrogens with zero attached hydrogens (tertiary/aromatic N) is 2. The molecule has 2 aliphatic rings. The number of morpholine rings is 1. The quantitative estimate of drug-likeness (QED) is 0.534. The van der Waals surface area contributed by atoms with Gasteiger partial charge in [-0.2, -0.15) is 0 Å². The minimum absolute atomic E-state index is 0.000933. The molecule has 3 heterocycles. The monoisotopic (exact) mass is 464 g/mol. The lowest BCUT2D eigenvalue weighted by atomic mass is 9.97. The van der Waals surface area contributed by atoms with Crippen LogP contribution in [0.15, 0.2) is 59.2 Å². The van der Waals surface area contributed by atoms with Crippen molar-refractivity contribution in [3.8, 4) is 5.75 Å². The van der Waals surface area contributed by atoms with Crippen LogP contribution in [-0.2, 0) is 15.9 Å². The summed E-state index contributed by atoms with van der Waals surface area (Å²) in [6.07, 6.45) is 2.56. The number of carbonyl (C=O) groups is 1. The van der Waals surface area contributed by atoms with Crippen LogP contribution in [0, 0.1) is 5.92 Å². The van der Waals surface area contributed by atoms with Crippen LogP contribution < -0.4 is 4.74 Å². The minimum atomic E-state index is -0.000933. The van der Waals surface area contributed by atoms with Gasteiger partial charge in [0.2, 0.25) is 0 Å². The number of hydrogen-bond donors (Lipinski definition) is 0. The van der Waals surface area contributed by atoms with Gasteiger partial charge in [0.1, 0.15) is 17.9 Å². The molecule has 2 saturated heterocycles. The fourth-order valence-electron chi connectivity index (χ4n) is 4.78. The highest BCUT2D eigenvalue weighted by molar-refractivity contribution is 5.97. The average Bonchev–Trinajstić information content (AvgIpc) is 3.24. The molecule has 2 aromatic carbocycles. The smallest absolute Gasteiger partial charge is 0.257 e. The van der Waals surface area contributed by atoms with Crippen molar-refractivity contribution in [2.24, 2.45) is 5.92 Å². The number of para-hydroxylation sites is 1. The maximum atomic E-state index is 13.6. The highest BCUT2D eigenvalue weighted by Gasteiger charge is 2.26. The standard InChI is InChI=1S/C27H32N2O5/c30-27(24-5-1-2-6-26(24)34-17-11-28-9-14-31-15-10-28)29-12-16-32-20-21(19-29)18-22-4-3-7-25-23(22)8-13-33-25/h1-8,13,21H,9-12,14-20H2/t21-/m1/s1. The Hall–Kier alpha value is -2.87. The summed E-state index contributed by atoms with van der Waals surface area (Å²) < 4.78 is 22.9. The van der Waals surface area contributed by atoms with E-state index in [1.807, 2.05) is 47.4 Å². The number of amides is 1. The molecule has 5 rings (SSSR count). The van der Waals surface area contributed by atoms with E-state index in [0.29, 0.717) is 44.2 Å². The van der Waals surface area contributed by atoms with E-state index in [1.54, 1.807) is 6.26 Å². The molecule has 0 bridgehead atoms. The molecule has 180 valence electrons. The second-order valence-corrected chi connectivity index (χ2v) is 8.94. The van der Waals surface area contributed by atoms with Crippen molar-refractivity contribution >= 4 is 16.9 Å². The molecule has 1 aromatic heterocycles. The predicted octanol–water partition coefficient (Wildman–Crippen LogP) is 3.48. The van der Waals surface area contributed by atoms with Gasteiger partial charge in [-0.15, -0.1) is 0 Å². The van der Waals surface area contributed by atoms with Crippen molar-refractivity contribution in [3.05, 3.63) is 65.9 Å². The molecule has 1 amide bonds. The second kappa shape index (κ2) is 11.0. The van der Waals surface area contributed by atoms with Gasteiger partial charge in [-0.1, -0.05) is 24.3 Å². The molecule has 2 aliphatic heterocycles. The summed E-state index contributed by atoms with van der Waals surface area (Å²) in [5, 5.41) is 1.13. The van der Waals surface area contributed by atoms with Crippen LogP contribution >= 0.6 is 0 Å². The lowest BCUT2D eigenvalue weighted by Crippen LogP contribution is -2.39. The van der Waals surface area contributed by atoms with E-state index in [0.717, 1.165) is 50.2 Å². The number of hydrogen-bond acceptors (Lipinski definition) is 6. The Labute approximate surface area is 200 Å². The lowest BCUT2D eigenvalue weighted by Gasteiger charge is -2.27. The topological polar surface area (TPSA) is 64.4 Å². The summed E-state index contributed by atoms with van der Waals surface area (Å²) in [4.78, 5) is 17.8. The number of fused-ring (bicyclic) bond motifs is 1. The lowest BCUT2D eigenvalue weighted by molar-refractivity contribution is 0.0321. The fourth-order valence-corrected chi connectivity index (χ4v) is 4.78.